The molecular formula is C14H13FN4S. The second-order valence-electron chi connectivity index (χ2n) is 5.00. The van der Waals surface area contributed by atoms with Crippen LogP contribution in [0.25, 0.3) is 22.6 Å². The van der Waals surface area contributed by atoms with E-state index in [0.717, 1.165) is 40.4 Å². The van der Waals surface area contributed by atoms with E-state index in [9.17, 15) is 4.39 Å². The van der Waals surface area contributed by atoms with Crippen molar-refractivity contribution in [3.05, 3.63) is 34.4 Å². The second-order valence-corrected chi connectivity index (χ2v) is 5.94. The number of nitrogens with two attached hydrogens (primary N) is 1. The fraction of sp³-hybridized carbons (Fsp3) is 0.286. The molecule has 4 rings (SSSR count). The molecule has 1 fully saturated rings. The summed E-state index contributed by atoms with van der Waals surface area (Å²) < 4.78 is 15.6. The standard InChI is InChI=1S/C14H13FN4S/c15-8-1-4-10-12(5-8)19(9-2-3-9)14(18-10)11-7-20-13(6-16)17-11/h1,4-5,7,9H,2-3,6,16H2. The quantitative estimate of drug-likeness (QED) is 0.805. The van der Waals surface area contributed by atoms with Crippen LogP contribution in [0.15, 0.2) is 23.6 Å². The summed E-state index contributed by atoms with van der Waals surface area (Å²) in [5.74, 6) is 0.593. The van der Waals surface area contributed by atoms with Gasteiger partial charge >= 0.3 is 0 Å². The molecule has 0 saturated heterocycles. The Morgan fingerprint density at radius 2 is 2.20 bits per heavy atom. The minimum absolute atomic E-state index is 0.230. The predicted octanol–water partition coefficient (Wildman–Crippen LogP) is 3.09. The maximum Gasteiger partial charge on any atom is 0.160 e. The third kappa shape index (κ3) is 1.83. The van der Waals surface area contributed by atoms with Crippen molar-refractivity contribution in [2.45, 2.75) is 25.4 Å². The topological polar surface area (TPSA) is 56.7 Å². The smallest absolute Gasteiger partial charge is 0.160 e. The van der Waals surface area contributed by atoms with Crippen LogP contribution in [0.5, 0.6) is 0 Å². The van der Waals surface area contributed by atoms with Gasteiger partial charge in [0.05, 0.1) is 11.0 Å². The van der Waals surface area contributed by atoms with Crippen molar-refractivity contribution in [2.24, 2.45) is 5.73 Å². The van der Waals surface area contributed by atoms with Crippen LogP contribution in [-0.4, -0.2) is 14.5 Å². The molecule has 1 aliphatic carbocycles. The van der Waals surface area contributed by atoms with Gasteiger partial charge in [-0.15, -0.1) is 11.3 Å². The van der Waals surface area contributed by atoms with Crippen molar-refractivity contribution in [1.29, 1.82) is 0 Å². The number of aromatic nitrogens is 3. The molecule has 2 N–H and O–H groups in total. The highest BCUT2D eigenvalue weighted by Crippen LogP contribution is 2.41. The molecule has 3 aromatic rings. The molecular weight excluding hydrogens is 275 g/mol. The SMILES string of the molecule is NCc1nc(-c2nc3ccc(F)cc3n2C2CC2)cs1. The van der Waals surface area contributed by atoms with Crippen molar-refractivity contribution in [2.75, 3.05) is 0 Å². The van der Waals surface area contributed by atoms with Gasteiger partial charge in [-0.2, -0.15) is 0 Å². The molecule has 0 amide bonds. The third-order valence-corrected chi connectivity index (χ3v) is 4.39. The van der Waals surface area contributed by atoms with Gasteiger partial charge in [-0.05, 0) is 31.0 Å². The van der Waals surface area contributed by atoms with E-state index in [4.69, 9.17) is 5.73 Å². The van der Waals surface area contributed by atoms with Gasteiger partial charge in [0, 0.05) is 18.0 Å². The van der Waals surface area contributed by atoms with Gasteiger partial charge in [-0.25, -0.2) is 14.4 Å². The second kappa shape index (κ2) is 4.36. The van der Waals surface area contributed by atoms with Crippen LogP contribution < -0.4 is 5.73 Å². The van der Waals surface area contributed by atoms with Crippen LogP contribution in [0.2, 0.25) is 0 Å². The molecule has 2 heterocycles. The van der Waals surface area contributed by atoms with Crippen LogP contribution in [0, 0.1) is 5.82 Å². The number of thiazole rings is 1. The highest BCUT2D eigenvalue weighted by Gasteiger charge is 2.29. The summed E-state index contributed by atoms with van der Waals surface area (Å²) in [7, 11) is 0. The molecule has 1 aliphatic rings. The van der Waals surface area contributed by atoms with E-state index in [1.54, 1.807) is 12.1 Å². The number of benzene rings is 1. The molecule has 0 unspecified atom stereocenters. The molecule has 1 saturated carbocycles. The zero-order chi connectivity index (χ0) is 13.7. The summed E-state index contributed by atoms with van der Waals surface area (Å²) in [6.45, 7) is 0.433. The Morgan fingerprint density at radius 1 is 1.35 bits per heavy atom. The first-order valence-corrected chi connectivity index (χ1v) is 7.46. The third-order valence-electron chi connectivity index (χ3n) is 3.52. The zero-order valence-electron chi connectivity index (χ0n) is 10.7. The lowest BCUT2D eigenvalue weighted by Gasteiger charge is -2.05. The van der Waals surface area contributed by atoms with Gasteiger partial charge in [0.15, 0.2) is 5.82 Å². The van der Waals surface area contributed by atoms with Gasteiger partial charge in [0.1, 0.15) is 16.5 Å². The van der Waals surface area contributed by atoms with E-state index in [2.05, 4.69) is 14.5 Å². The lowest BCUT2D eigenvalue weighted by Crippen LogP contribution is -1.99. The number of halogens is 1. The van der Waals surface area contributed by atoms with E-state index in [-0.39, 0.29) is 5.82 Å². The Bertz CT molecular complexity index is 788. The molecule has 0 radical (unpaired) electrons. The van der Waals surface area contributed by atoms with Crippen LogP contribution in [0.4, 0.5) is 4.39 Å². The van der Waals surface area contributed by atoms with Gasteiger partial charge < -0.3 is 10.3 Å². The van der Waals surface area contributed by atoms with Crippen LogP contribution >= 0.6 is 11.3 Å². The number of hydrogen-bond donors (Lipinski definition) is 1. The predicted molar refractivity (Wildman–Crippen MR) is 77.0 cm³/mol. The Labute approximate surface area is 119 Å². The van der Waals surface area contributed by atoms with Crippen LogP contribution in [0.3, 0.4) is 0 Å². The van der Waals surface area contributed by atoms with Crippen molar-refractivity contribution in [3.63, 3.8) is 0 Å². The summed E-state index contributed by atoms with van der Waals surface area (Å²) in [5.41, 5.74) is 8.12. The summed E-state index contributed by atoms with van der Waals surface area (Å²) in [5, 5.41) is 2.86. The van der Waals surface area contributed by atoms with Crippen molar-refractivity contribution < 1.29 is 4.39 Å². The van der Waals surface area contributed by atoms with Gasteiger partial charge in [0.25, 0.3) is 0 Å². The van der Waals surface area contributed by atoms with Crippen molar-refractivity contribution >= 4 is 22.4 Å². The Kier molecular flexibility index (Phi) is 2.61. The molecule has 0 spiro atoms. The lowest BCUT2D eigenvalue weighted by atomic mass is 10.3. The number of nitrogens with zero attached hydrogens (tertiary/aromatic N) is 3. The summed E-state index contributed by atoms with van der Waals surface area (Å²) in [6, 6.07) is 5.15. The first-order chi connectivity index (χ1) is 9.76. The molecule has 102 valence electrons. The maximum atomic E-state index is 13.5. The highest BCUT2D eigenvalue weighted by molar-refractivity contribution is 7.09. The maximum absolute atomic E-state index is 13.5. The zero-order valence-corrected chi connectivity index (χ0v) is 11.5. The molecule has 0 atom stereocenters. The van der Waals surface area contributed by atoms with E-state index in [1.165, 1.54) is 17.4 Å². The average molecular weight is 288 g/mol. The highest BCUT2D eigenvalue weighted by atomic mass is 32.1. The van der Waals surface area contributed by atoms with Gasteiger partial charge in [-0.1, -0.05) is 0 Å². The van der Waals surface area contributed by atoms with E-state index in [1.807, 2.05) is 5.38 Å². The minimum Gasteiger partial charge on any atom is -0.325 e. The first kappa shape index (κ1) is 12.0. The molecule has 1 aromatic carbocycles. The average Bonchev–Trinajstić information content (AvgIpc) is 3.04. The molecule has 2 aromatic heterocycles. The summed E-state index contributed by atoms with van der Waals surface area (Å²) in [4.78, 5) is 9.14. The number of rotatable bonds is 3. The van der Waals surface area contributed by atoms with E-state index in [0.29, 0.717) is 12.6 Å². The Hall–Kier alpha value is -1.79. The molecule has 20 heavy (non-hydrogen) atoms. The summed E-state index contributed by atoms with van der Waals surface area (Å²) >= 11 is 1.53. The molecule has 4 nitrogen and oxygen atoms in total. The largest absolute Gasteiger partial charge is 0.325 e. The fourth-order valence-corrected chi connectivity index (χ4v) is 3.11. The Morgan fingerprint density at radius 3 is 2.90 bits per heavy atom. The Balaban J connectivity index is 1.95. The molecule has 6 heteroatoms. The van der Waals surface area contributed by atoms with Crippen LogP contribution in [-0.2, 0) is 6.54 Å². The van der Waals surface area contributed by atoms with E-state index >= 15 is 0 Å². The monoisotopic (exact) mass is 288 g/mol. The lowest BCUT2D eigenvalue weighted by molar-refractivity contribution is 0.628. The normalized spacial score (nSPS) is 15.1. The van der Waals surface area contributed by atoms with Gasteiger partial charge in [-0.3, -0.25) is 0 Å². The van der Waals surface area contributed by atoms with Crippen LogP contribution in [0.1, 0.15) is 23.9 Å². The summed E-state index contributed by atoms with van der Waals surface area (Å²) in [6.07, 6.45) is 2.23. The van der Waals surface area contributed by atoms with E-state index < -0.39 is 0 Å². The van der Waals surface area contributed by atoms with Gasteiger partial charge in [0.2, 0.25) is 0 Å². The number of imidazole rings is 1. The minimum atomic E-state index is -0.230. The van der Waals surface area contributed by atoms with Crippen molar-refractivity contribution in [3.8, 4) is 11.5 Å². The number of hydrogen-bond acceptors (Lipinski definition) is 4. The fourth-order valence-electron chi connectivity index (χ4n) is 2.46. The van der Waals surface area contributed by atoms with Crippen molar-refractivity contribution in [1.82, 2.24) is 14.5 Å². The first-order valence-electron chi connectivity index (χ1n) is 6.58. The number of fused-ring (bicyclic) bond motifs is 1. The molecule has 0 bridgehead atoms. The molecule has 0 aliphatic heterocycles.